The first-order valence-corrected chi connectivity index (χ1v) is 9.03. The van der Waals surface area contributed by atoms with Gasteiger partial charge in [0, 0.05) is 10.3 Å². The molecule has 21 heavy (non-hydrogen) atoms. The van der Waals surface area contributed by atoms with Crippen LogP contribution in [0.1, 0.15) is 30.7 Å². The summed E-state index contributed by atoms with van der Waals surface area (Å²) in [5.74, 6) is 0.863. The Morgan fingerprint density at radius 2 is 2.38 bits per heavy atom. The van der Waals surface area contributed by atoms with Crippen LogP contribution in [0.25, 0.3) is 10.2 Å². The molecule has 0 N–H and O–H groups in total. The van der Waals surface area contributed by atoms with Crippen molar-refractivity contribution in [2.24, 2.45) is 5.92 Å². The Balaban J connectivity index is 1.90. The predicted octanol–water partition coefficient (Wildman–Crippen LogP) is 3.47. The van der Waals surface area contributed by atoms with Gasteiger partial charge in [0.1, 0.15) is 16.2 Å². The minimum Gasteiger partial charge on any atom is -0.465 e. The number of hydrogen-bond acceptors (Lipinski definition) is 6. The highest BCUT2D eigenvalue weighted by atomic mass is 32.2. The lowest BCUT2D eigenvalue weighted by atomic mass is 9.89. The summed E-state index contributed by atoms with van der Waals surface area (Å²) < 4.78 is 4.98. The van der Waals surface area contributed by atoms with Crippen molar-refractivity contribution in [3.63, 3.8) is 0 Å². The zero-order valence-corrected chi connectivity index (χ0v) is 13.9. The summed E-state index contributed by atoms with van der Waals surface area (Å²) in [6, 6.07) is 0. The lowest BCUT2D eigenvalue weighted by molar-refractivity contribution is -0.139. The van der Waals surface area contributed by atoms with Crippen LogP contribution in [0.4, 0.5) is 0 Å². The van der Waals surface area contributed by atoms with E-state index < -0.39 is 0 Å². The molecule has 6 heteroatoms. The Hall–Kier alpha value is -1.14. The van der Waals surface area contributed by atoms with Gasteiger partial charge in [-0.3, -0.25) is 4.79 Å². The van der Waals surface area contributed by atoms with Crippen molar-refractivity contribution in [3.05, 3.63) is 16.8 Å². The lowest BCUT2D eigenvalue weighted by Crippen LogP contribution is -2.09. The number of nitrogens with zero attached hydrogens (tertiary/aromatic N) is 2. The number of fused-ring (bicyclic) bond motifs is 3. The minimum atomic E-state index is -0.188. The standard InChI is InChI=1S/C15H18N2O2S2/c1-3-19-12(18)7-20-14-13-10-5-4-9(2)6-11(10)21-15(13)17-8-16-14/h8-9H,3-7H2,1-2H3/t9-/m0/s1. The van der Waals surface area contributed by atoms with Crippen LogP contribution >= 0.6 is 23.1 Å². The van der Waals surface area contributed by atoms with Gasteiger partial charge in [-0.2, -0.15) is 0 Å². The summed E-state index contributed by atoms with van der Waals surface area (Å²) >= 11 is 3.24. The number of ether oxygens (including phenoxy) is 1. The zero-order valence-electron chi connectivity index (χ0n) is 12.2. The summed E-state index contributed by atoms with van der Waals surface area (Å²) in [6.45, 7) is 4.54. The number of rotatable bonds is 4. The van der Waals surface area contributed by atoms with Crippen molar-refractivity contribution in [2.75, 3.05) is 12.4 Å². The Morgan fingerprint density at radius 3 is 3.19 bits per heavy atom. The molecule has 3 rings (SSSR count). The number of aromatic nitrogens is 2. The highest BCUT2D eigenvalue weighted by Crippen LogP contribution is 2.40. The molecule has 2 heterocycles. The van der Waals surface area contributed by atoms with Crippen LogP contribution in [0.3, 0.4) is 0 Å². The summed E-state index contributed by atoms with van der Waals surface area (Å²) in [5.41, 5.74) is 1.40. The van der Waals surface area contributed by atoms with Crippen LogP contribution in [-0.4, -0.2) is 28.3 Å². The van der Waals surface area contributed by atoms with E-state index in [9.17, 15) is 4.79 Å². The summed E-state index contributed by atoms with van der Waals surface area (Å²) in [5, 5.41) is 2.08. The SMILES string of the molecule is CCOC(=O)CSc1ncnc2sc3c(c12)CC[C@H](C)C3. The van der Waals surface area contributed by atoms with E-state index in [1.807, 2.05) is 6.92 Å². The Labute approximate surface area is 132 Å². The van der Waals surface area contributed by atoms with Crippen LogP contribution in [-0.2, 0) is 22.4 Å². The fourth-order valence-corrected chi connectivity index (χ4v) is 4.92. The summed E-state index contributed by atoms with van der Waals surface area (Å²) in [6.07, 6.45) is 5.05. The Morgan fingerprint density at radius 1 is 1.52 bits per heavy atom. The maximum Gasteiger partial charge on any atom is 0.316 e. The summed E-state index contributed by atoms with van der Waals surface area (Å²) in [7, 11) is 0. The molecule has 0 aliphatic heterocycles. The molecule has 1 aliphatic carbocycles. The van der Waals surface area contributed by atoms with E-state index >= 15 is 0 Å². The number of thiophene rings is 1. The first-order valence-electron chi connectivity index (χ1n) is 7.22. The second-order valence-electron chi connectivity index (χ2n) is 5.30. The molecule has 0 amide bonds. The molecule has 2 aromatic heterocycles. The van der Waals surface area contributed by atoms with Gasteiger partial charge in [-0.15, -0.1) is 11.3 Å². The van der Waals surface area contributed by atoms with Crippen LogP contribution in [0, 0.1) is 5.92 Å². The van der Waals surface area contributed by atoms with Gasteiger partial charge < -0.3 is 4.74 Å². The molecule has 0 unspecified atom stereocenters. The normalized spacial score (nSPS) is 17.7. The molecule has 2 aromatic rings. The second-order valence-corrected chi connectivity index (χ2v) is 7.35. The summed E-state index contributed by atoms with van der Waals surface area (Å²) in [4.78, 5) is 22.8. The van der Waals surface area contributed by atoms with E-state index in [1.165, 1.54) is 34.0 Å². The van der Waals surface area contributed by atoms with Gasteiger partial charge in [0.25, 0.3) is 0 Å². The maximum absolute atomic E-state index is 11.5. The van der Waals surface area contributed by atoms with Gasteiger partial charge in [-0.25, -0.2) is 9.97 Å². The van der Waals surface area contributed by atoms with Crippen molar-refractivity contribution < 1.29 is 9.53 Å². The number of carbonyl (C=O) groups is 1. The van der Waals surface area contributed by atoms with Crippen molar-refractivity contribution in [1.82, 2.24) is 9.97 Å². The van der Waals surface area contributed by atoms with Gasteiger partial charge in [-0.05, 0) is 37.7 Å². The highest BCUT2D eigenvalue weighted by Gasteiger charge is 2.23. The van der Waals surface area contributed by atoms with Crippen LogP contribution in [0.2, 0.25) is 0 Å². The molecule has 0 saturated carbocycles. The van der Waals surface area contributed by atoms with Crippen molar-refractivity contribution >= 4 is 39.3 Å². The van der Waals surface area contributed by atoms with Gasteiger partial charge in [-0.1, -0.05) is 18.7 Å². The smallest absolute Gasteiger partial charge is 0.316 e. The van der Waals surface area contributed by atoms with Gasteiger partial charge in [0.15, 0.2) is 0 Å². The number of esters is 1. The Kier molecular flexibility index (Phi) is 4.45. The van der Waals surface area contributed by atoms with Crippen molar-refractivity contribution in [3.8, 4) is 0 Å². The van der Waals surface area contributed by atoms with Crippen LogP contribution in [0.5, 0.6) is 0 Å². The molecule has 1 atom stereocenters. The first kappa shape index (κ1) is 14.8. The number of aryl methyl sites for hydroxylation is 1. The molecule has 0 aromatic carbocycles. The number of thioether (sulfide) groups is 1. The minimum absolute atomic E-state index is 0.188. The van der Waals surface area contributed by atoms with E-state index in [1.54, 1.807) is 17.7 Å². The first-order chi connectivity index (χ1) is 10.2. The van der Waals surface area contributed by atoms with Crippen LogP contribution in [0.15, 0.2) is 11.4 Å². The molecular weight excluding hydrogens is 304 g/mol. The molecule has 0 radical (unpaired) electrons. The highest BCUT2D eigenvalue weighted by molar-refractivity contribution is 8.00. The number of hydrogen-bond donors (Lipinski definition) is 0. The maximum atomic E-state index is 11.5. The predicted molar refractivity (Wildman–Crippen MR) is 86.0 cm³/mol. The molecule has 112 valence electrons. The van der Waals surface area contributed by atoms with Crippen molar-refractivity contribution in [2.45, 2.75) is 38.1 Å². The van der Waals surface area contributed by atoms with E-state index in [2.05, 4.69) is 16.9 Å². The van der Waals surface area contributed by atoms with E-state index in [0.29, 0.717) is 12.4 Å². The van der Waals surface area contributed by atoms with Gasteiger partial charge >= 0.3 is 5.97 Å². The van der Waals surface area contributed by atoms with E-state index in [-0.39, 0.29) is 5.97 Å². The lowest BCUT2D eigenvalue weighted by Gasteiger charge is -2.18. The topological polar surface area (TPSA) is 52.1 Å². The number of carbonyl (C=O) groups excluding carboxylic acids is 1. The van der Waals surface area contributed by atoms with Crippen molar-refractivity contribution in [1.29, 1.82) is 0 Å². The van der Waals surface area contributed by atoms with E-state index in [0.717, 1.165) is 28.6 Å². The molecule has 1 aliphatic rings. The monoisotopic (exact) mass is 322 g/mol. The molecule has 0 spiro atoms. The van der Waals surface area contributed by atoms with Crippen LogP contribution < -0.4 is 0 Å². The third kappa shape index (κ3) is 3.06. The third-order valence-electron chi connectivity index (χ3n) is 3.69. The quantitative estimate of drug-likeness (QED) is 0.490. The largest absolute Gasteiger partial charge is 0.465 e. The molecular formula is C15H18N2O2S2. The average Bonchev–Trinajstić information content (AvgIpc) is 2.83. The van der Waals surface area contributed by atoms with Gasteiger partial charge in [0.2, 0.25) is 0 Å². The average molecular weight is 322 g/mol. The molecule has 4 nitrogen and oxygen atoms in total. The third-order valence-corrected chi connectivity index (χ3v) is 5.81. The fourth-order valence-electron chi connectivity index (χ4n) is 2.69. The fraction of sp³-hybridized carbons (Fsp3) is 0.533. The molecule has 0 fully saturated rings. The molecule has 0 bridgehead atoms. The molecule has 0 saturated heterocycles. The van der Waals surface area contributed by atoms with E-state index in [4.69, 9.17) is 4.74 Å². The second kappa shape index (κ2) is 6.32. The Bertz CT molecular complexity index is 669. The zero-order chi connectivity index (χ0) is 14.8. The van der Waals surface area contributed by atoms with Gasteiger partial charge in [0.05, 0.1) is 12.4 Å².